The molecule has 4 heteroatoms. The van der Waals surface area contributed by atoms with E-state index >= 15 is 0 Å². The van der Waals surface area contributed by atoms with Crippen LogP contribution < -0.4 is 10.2 Å². The van der Waals surface area contributed by atoms with Crippen LogP contribution in [0.1, 0.15) is 26.7 Å². The van der Waals surface area contributed by atoms with E-state index in [2.05, 4.69) is 29.4 Å². The van der Waals surface area contributed by atoms with E-state index < -0.39 is 5.54 Å². The zero-order valence-electron chi connectivity index (χ0n) is 13.0. The molecule has 0 spiro atoms. The normalized spacial score (nSPS) is 13.6. The van der Waals surface area contributed by atoms with Gasteiger partial charge in [-0.15, -0.1) is 0 Å². The van der Waals surface area contributed by atoms with E-state index in [4.69, 9.17) is 4.74 Å². The first-order valence-corrected chi connectivity index (χ1v) is 7.13. The van der Waals surface area contributed by atoms with Crippen molar-refractivity contribution in [2.45, 2.75) is 32.2 Å². The highest BCUT2D eigenvalue weighted by Crippen LogP contribution is 2.17. The number of carbonyl (C=O) groups excluding carboxylic acids is 1. The number of hydrogen-bond acceptors (Lipinski definition) is 4. The van der Waals surface area contributed by atoms with E-state index in [1.165, 1.54) is 12.8 Å². The minimum atomic E-state index is -0.596. The molecule has 112 valence electrons. The molecule has 0 radical (unpaired) electrons. The lowest BCUT2D eigenvalue weighted by atomic mass is 9.95. The smallest absolute Gasteiger partial charge is 0.325 e. The number of likely N-dealkylation sites (N-methyl/N-ethyl adjacent to an activating group) is 1. The Morgan fingerprint density at radius 1 is 1.35 bits per heavy atom. The van der Waals surface area contributed by atoms with Crippen molar-refractivity contribution in [1.29, 1.82) is 0 Å². The third-order valence-electron chi connectivity index (χ3n) is 3.57. The number of para-hydroxylation sites is 1. The van der Waals surface area contributed by atoms with Gasteiger partial charge in [0.2, 0.25) is 0 Å². The minimum Gasteiger partial charge on any atom is -0.468 e. The second kappa shape index (κ2) is 7.90. The summed E-state index contributed by atoms with van der Waals surface area (Å²) in [5.41, 5.74) is 0.594. The van der Waals surface area contributed by atoms with E-state index in [1.54, 1.807) is 0 Å². The highest BCUT2D eigenvalue weighted by Gasteiger charge is 2.32. The molecule has 1 rings (SSSR count). The first kappa shape index (κ1) is 16.5. The van der Waals surface area contributed by atoms with Crippen molar-refractivity contribution in [1.82, 2.24) is 5.32 Å². The Morgan fingerprint density at radius 3 is 2.55 bits per heavy atom. The molecule has 0 aromatic heterocycles. The third kappa shape index (κ3) is 4.53. The summed E-state index contributed by atoms with van der Waals surface area (Å²) in [6.07, 6.45) is 1.68. The van der Waals surface area contributed by atoms with Gasteiger partial charge in [-0.2, -0.15) is 0 Å². The monoisotopic (exact) mass is 278 g/mol. The van der Waals surface area contributed by atoms with Gasteiger partial charge in [0.15, 0.2) is 0 Å². The van der Waals surface area contributed by atoms with E-state index in [0.717, 1.165) is 25.9 Å². The summed E-state index contributed by atoms with van der Waals surface area (Å²) in [6, 6.07) is 10.2. The average molecular weight is 278 g/mol. The van der Waals surface area contributed by atoms with E-state index in [9.17, 15) is 4.79 Å². The zero-order chi connectivity index (χ0) is 15.0. The van der Waals surface area contributed by atoms with Crippen LogP contribution in [0.25, 0.3) is 0 Å². The summed E-state index contributed by atoms with van der Waals surface area (Å²) in [5, 5.41) is 3.23. The Hall–Kier alpha value is -1.55. The lowest BCUT2D eigenvalue weighted by Gasteiger charge is -2.28. The molecule has 0 heterocycles. The van der Waals surface area contributed by atoms with Gasteiger partial charge in [0.25, 0.3) is 0 Å². The van der Waals surface area contributed by atoms with Crippen LogP contribution in [0.5, 0.6) is 0 Å². The number of nitrogens with zero attached hydrogens (tertiary/aromatic N) is 1. The Bertz CT molecular complexity index is 408. The number of nitrogens with one attached hydrogen (secondary N) is 1. The quantitative estimate of drug-likeness (QED) is 0.742. The summed E-state index contributed by atoms with van der Waals surface area (Å²) in [5.74, 6) is -0.193. The molecule has 20 heavy (non-hydrogen) atoms. The first-order chi connectivity index (χ1) is 9.53. The van der Waals surface area contributed by atoms with Crippen LogP contribution in [-0.2, 0) is 9.53 Å². The van der Waals surface area contributed by atoms with Gasteiger partial charge < -0.3 is 15.0 Å². The maximum absolute atomic E-state index is 11.9. The Kier molecular flexibility index (Phi) is 6.52. The molecule has 1 unspecified atom stereocenters. The Morgan fingerprint density at radius 2 is 2.00 bits per heavy atom. The maximum atomic E-state index is 11.9. The summed E-state index contributed by atoms with van der Waals surface area (Å²) >= 11 is 0. The second-order valence-electron chi connectivity index (χ2n) is 5.21. The Labute approximate surface area is 122 Å². The van der Waals surface area contributed by atoms with Crippen LogP contribution in [0, 0.1) is 0 Å². The summed E-state index contributed by atoms with van der Waals surface area (Å²) in [7, 11) is 3.51. The molecule has 0 aliphatic heterocycles. The molecule has 4 nitrogen and oxygen atoms in total. The van der Waals surface area contributed by atoms with Crippen LogP contribution in [0.2, 0.25) is 0 Å². The molecule has 0 fully saturated rings. The summed E-state index contributed by atoms with van der Waals surface area (Å²) in [4.78, 5) is 14.1. The van der Waals surface area contributed by atoms with E-state index in [0.29, 0.717) is 0 Å². The van der Waals surface area contributed by atoms with Crippen molar-refractivity contribution in [3.8, 4) is 0 Å². The fourth-order valence-corrected chi connectivity index (χ4v) is 2.36. The zero-order valence-corrected chi connectivity index (χ0v) is 13.0. The lowest BCUT2D eigenvalue weighted by molar-refractivity contribution is -0.148. The number of benzene rings is 1. The number of ether oxygens (including phenoxy) is 1. The molecule has 1 N–H and O–H groups in total. The van der Waals surface area contributed by atoms with Crippen LogP contribution >= 0.6 is 0 Å². The predicted molar refractivity (Wildman–Crippen MR) is 83.0 cm³/mol. The Balaban J connectivity index is 2.50. The number of hydrogen-bond donors (Lipinski definition) is 1. The van der Waals surface area contributed by atoms with Gasteiger partial charge in [0.05, 0.1) is 7.11 Å². The van der Waals surface area contributed by atoms with Gasteiger partial charge in [0, 0.05) is 19.3 Å². The molecule has 0 saturated carbocycles. The number of methoxy groups -OCH3 is 1. The largest absolute Gasteiger partial charge is 0.468 e. The van der Waals surface area contributed by atoms with Gasteiger partial charge >= 0.3 is 5.97 Å². The van der Waals surface area contributed by atoms with E-state index in [1.807, 2.05) is 32.0 Å². The van der Waals surface area contributed by atoms with Crippen LogP contribution in [0.4, 0.5) is 5.69 Å². The maximum Gasteiger partial charge on any atom is 0.325 e. The van der Waals surface area contributed by atoms with Gasteiger partial charge in [-0.1, -0.05) is 25.1 Å². The van der Waals surface area contributed by atoms with Gasteiger partial charge in [-0.3, -0.25) is 4.79 Å². The van der Waals surface area contributed by atoms with E-state index in [-0.39, 0.29) is 5.97 Å². The van der Waals surface area contributed by atoms with Crippen molar-refractivity contribution in [3.05, 3.63) is 30.3 Å². The lowest BCUT2D eigenvalue weighted by Crippen LogP contribution is -2.50. The van der Waals surface area contributed by atoms with Gasteiger partial charge in [-0.05, 0) is 38.4 Å². The molecule has 1 aromatic carbocycles. The fourth-order valence-electron chi connectivity index (χ4n) is 2.36. The minimum absolute atomic E-state index is 0.193. The fraction of sp³-hybridized carbons (Fsp3) is 0.562. The molecule has 1 aromatic rings. The number of carbonyl (C=O) groups is 1. The average Bonchev–Trinajstić information content (AvgIpc) is 2.47. The van der Waals surface area contributed by atoms with Crippen molar-refractivity contribution >= 4 is 11.7 Å². The molecule has 0 saturated heterocycles. The molecule has 0 aliphatic carbocycles. The highest BCUT2D eigenvalue weighted by atomic mass is 16.5. The SMILES string of the molecule is CCNC(C)(CCCN(C)c1ccccc1)C(=O)OC. The van der Waals surface area contributed by atoms with Crippen molar-refractivity contribution < 1.29 is 9.53 Å². The topological polar surface area (TPSA) is 41.6 Å². The van der Waals surface area contributed by atoms with Gasteiger partial charge in [-0.25, -0.2) is 0 Å². The van der Waals surface area contributed by atoms with Crippen molar-refractivity contribution in [3.63, 3.8) is 0 Å². The highest BCUT2D eigenvalue weighted by molar-refractivity contribution is 5.80. The van der Waals surface area contributed by atoms with Crippen molar-refractivity contribution in [2.24, 2.45) is 0 Å². The molecule has 0 amide bonds. The second-order valence-corrected chi connectivity index (χ2v) is 5.21. The number of rotatable bonds is 8. The van der Waals surface area contributed by atoms with Crippen LogP contribution in [0.15, 0.2) is 30.3 Å². The summed E-state index contributed by atoms with van der Waals surface area (Å²) < 4.78 is 4.90. The number of esters is 1. The van der Waals surface area contributed by atoms with Crippen LogP contribution in [0.3, 0.4) is 0 Å². The molecule has 1 atom stereocenters. The third-order valence-corrected chi connectivity index (χ3v) is 3.57. The molecular formula is C16H26N2O2. The van der Waals surface area contributed by atoms with Crippen molar-refractivity contribution in [2.75, 3.05) is 32.1 Å². The predicted octanol–water partition coefficient (Wildman–Crippen LogP) is 2.44. The first-order valence-electron chi connectivity index (χ1n) is 7.13. The molecular weight excluding hydrogens is 252 g/mol. The summed E-state index contributed by atoms with van der Waals surface area (Å²) in [6.45, 7) is 5.56. The standard InChI is InChI=1S/C16H26N2O2/c1-5-17-16(2,15(19)20-4)12-9-13-18(3)14-10-7-6-8-11-14/h6-8,10-11,17H,5,9,12-13H2,1-4H3. The van der Waals surface area contributed by atoms with Crippen LogP contribution in [-0.4, -0.2) is 38.8 Å². The number of anilines is 1. The molecule has 0 aliphatic rings. The van der Waals surface area contributed by atoms with Gasteiger partial charge in [0.1, 0.15) is 5.54 Å². The molecule has 0 bridgehead atoms.